The van der Waals surface area contributed by atoms with Crippen molar-refractivity contribution in [1.29, 1.82) is 0 Å². The van der Waals surface area contributed by atoms with Gasteiger partial charge >= 0.3 is 0 Å². The molecule has 0 spiro atoms. The molecule has 0 aliphatic heterocycles. The molecule has 0 aliphatic carbocycles. The van der Waals surface area contributed by atoms with Crippen LogP contribution in [0.4, 0.5) is 5.69 Å². The Morgan fingerprint density at radius 1 is 1.10 bits per heavy atom. The molecule has 3 aromatic heterocycles. The molecule has 5 aromatic rings. The van der Waals surface area contributed by atoms with Gasteiger partial charge in [-0.2, -0.15) is 9.78 Å². The van der Waals surface area contributed by atoms with Gasteiger partial charge in [-0.3, -0.25) is 19.3 Å². The Labute approximate surface area is 179 Å². The smallest absolute Gasteiger partial charge is 0.269 e. The predicted molar refractivity (Wildman–Crippen MR) is 119 cm³/mol. The van der Waals surface area contributed by atoms with E-state index in [9.17, 15) is 14.9 Å². The molecule has 0 atom stereocenters. The topological polar surface area (TPSA) is 94.8 Å². The summed E-state index contributed by atoms with van der Waals surface area (Å²) >= 11 is 1.39. The first-order valence-corrected chi connectivity index (χ1v) is 10.3. The number of hydrogen-bond donors (Lipinski definition) is 0. The van der Waals surface area contributed by atoms with E-state index in [0.717, 1.165) is 11.0 Å². The molecule has 8 nitrogen and oxygen atoms in total. The number of nitro benzene ring substituents is 1. The predicted octanol–water partition coefficient (Wildman–Crippen LogP) is 4.68. The zero-order chi connectivity index (χ0) is 21.5. The number of benzene rings is 2. The van der Waals surface area contributed by atoms with Crippen LogP contribution in [0.25, 0.3) is 16.8 Å². The number of thiophene rings is 1. The van der Waals surface area contributed by atoms with Crippen molar-refractivity contribution in [3.63, 3.8) is 0 Å². The molecule has 0 amide bonds. The van der Waals surface area contributed by atoms with Crippen molar-refractivity contribution >= 4 is 45.8 Å². The van der Waals surface area contributed by atoms with Gasteiger partial charge in [0, 0.05) is 12.1 Å². The molecule has 2 aromatic carbocycles. The van der Waals surface area contributed by atoms with Crippen LogP contribution >= 0.6 is 11.3 Å². The number of carbonyl (C=O) groups excluding carboxylic acids is 1. The maximum Gasteiger partial charge on any atom is 0.269 e. The third kappa shape index (κ3) is 3.11. The van der Waals surface area contributed by atoms with Gasteiger partial charge in [-0.25, -0.2) is 4.98 Å². The molecule has 0 fully saturated rings. The third-order valence-electron chi connectivity index (χ3n) is 4.96. The number of rotatable bonds is 5. The first kappa shape index (κ1) is 18.9. The number of nitro groups is 1. The van der Waals surface area contributed by atoms with E-state index in [1.807, 2.05) is 47.0 Å². The maximum absolute atomic E-state index is 13.2. The summed E-state index contributed by atoms with van der Waals surface area (Å²) in [5.74, 6) is 0.444. The SMILES string of the molecule is Cc1nc2n(/N=C\c3ccc([N+](=O)[O-])cc3)c3ccccc3n2c1C(=O)c1cccs1. The minimum Gasteiger partial charge on any atom is -0.286 e. The van der Waals surface area contributed by atoms with Crippen LogP contribution in [-0.2, 0) is 0 Å². The van der Waals surface area contributed by atoms with E-state index in [0.29, 0.717) is 27.6 Å². The largest absolute Gasteiger partial charge is 0.286 e. The van der Waals surface area contributed by atoms with E-state index < -0.39 is 4.92 Å². The van der Waals surface area contributed by atoms with Gasteiger partial charge in [-0.15, -0.1) is 11.3 Å². The van der Waals surface area contributed by atoms with Gasteiger partial charge in [0.05, 0.1) is 32.7 Å². The lowest BCUT2D eigenvalue weighted by Crippen LogP contribution is -2.04. The van der Waals surface area contributed by atoms with E-state index in [-0.39, 0.29) is 11.5 Å². The number of aromatic nitrogens is 3. The van der Waals surface area contributed by atoms with Gasteiger partial charge < -0.3 is 0 Å². The van der Waals surface area contributed by atoms with E-state index >= 15 is 0 Å². The van der Waals surface area contributed by atoms with Gasteiger partial charge in [0.25, 0.3) is 5.69 Å². The minimum absolute atomic E-state index is 0.0200. The van der Waals surface area contributed by atoms with Gasteiger partial charge in [0.15, 0.2) is 0 Å². The highest BCUT2D eigenvalue weighted by atomic mass is 32.1. The quantitative estimate of drug-likeness (QED) is 0.175. The van der Waals surface area contributed by atoms with Gasteiger partial charge in [-0.05, 0) is 48.2 Å². The second-order valence-corrected chi connectivity index (χ2v) is 7.83. The van der Waals surface area contributed by atoms with Crippen molar-refractivity contribution in [2.24, 2.45) is 5.10 Å². The van der Waals surface area contributed by atoms with Crippen LogP contribution < -0.4 is 0 Å². The fraction of sp³-hybridized carbons (Fsp3) is 0.0455. The van der Waals surface area contributed by atoms with Crippen molar-refractivity contribution in [1.82, 2.24) is 14.1 Å². The Kier molecular flexibility index (Phi) is 4.45. The molecule has 0 aliphatic rings. The van der Waals surface area contributed by atoms with Crippen LogP contribution in [0.5, 0.6) is 0 Å². The summed E-state index contributed by atoms with van der Waals surface area (Å²) in [6.45, 7) is 1.81. The second kappa shape index (κ2) is 7.29. The number of aryl methyl sites for hydroxylation is 1. The van der Waals surface area contributed by atoms with Gasteiger partial charge in [0.2, 0.25) is 11.6 Å². The molecule has 0 bridgehead atoms. The van der Waals surface area contributed by atoms with Crippen molar-refractivity contribution in [2.45, 2.75) is 6.92 Å². The molecular weight excluding hydrogens is 414 g/mol. The van der Waals surface area contributed by atoms with Crippen LogP contribution in [0.1, 0.15) is 26.6 Å². The van der Waals surface area contributed by atoms with Crippen LogP contribution in [0.15, 0.2) is 71.1 Å². The maximum atomic E-state index is 13.2. The zero-order valence-corrected chi connectivity index (χ0v) is 17.1. The minimum atomic E-state index is -0.441. The number of hydrogen-bond acceptors (Lipinski definition) is 6. The molecule has 31 heavy (non-hydrogen) atoms. The van der Waals surface area contributed by atoms with E-state index in [4.69, 9.17) is 0 Å². The summed E-state index contributed by atoms with van der Waals surface area (Å²) < 4.78 is 3.51. The number of imidazole rings is 2. The number of non-ortho nitro benzene ring substituents is 1. The first-order valence-electron chi connectivity index (χ1n) is 9.40. The summed E-state index contributed by atoms with van der Waals surface area (Å²) in [4.78, 5) is 28.9. The highest BCUT2D eigenvalue weighted by molar-refractivity contribution is 7.12. The number of para-hydroxylation sites is 2. The molecule has 3 heterocycles. The standard InChI is InChI=1S/C22H15N5O3S/c1-14-20(21(28)19-7-4-12-31-19)25-17-5-2-3-6-18(17)26(22(25)24-14)23-13-15-8-10-16(11-9-15)27(29)30/h2-13H,1H3/b23-13-. The summed E-state index contributed by atoms with van der Waals surface area (Å²) in [6.07, 6.45) is 1.61. The number of nitrogens with zero attached hydrogens (tertiary/aromatic N) is 5. The Hall–Kier alpha value is -4.11. The summed E-state index contributed by atoms with van der Waals surface area (Å²) in [5, 5.41) is 17.3. The Morgan fingerprint density at radius 3 is 2.52 bits per heavy atom. The lowest BCUT2D eigenvalue weighted by Gasteiger charge is -2.00. The fourth-order valence-electron chi connectivity index (χ4n) is 3.54. The Bertz CT molecular complexity index is 1480. The molecule has 0 saturated heterocycles. The van der Waals surface area contributed by atoms with Crippen LogP contribution in [-0.4, -0.2) is 31.0 Å². The summed E-state index contributed by atoms with van der Waals surface area (Å²) in [7, 11) is 0. The average Bonchev–Trinajstić information content (AvgIpc) is 3.48. The molecule has 0 N–H and O–H groups in total. The van der Waals surface area contributed by atoms with E-state index in [1.54, 1.807) is 29.1 Å². The molecule has 0 unspecified atom stereocenters. The number of fused-ring (bicyclic) bond motifs is 3. The first-order chi connectivity index (χ1) is 15.0. The monoisotopic (exact) mass is 429 g/mol. The number of carbonyl (C=O) groups is 1. The lowest BCUT2D eigenvalue weighted by atomic mass is 10.2. The fourth-order valence-corrected chi connectivity index (χ4v) is 4.20. The molecule has 9 heteroatoms. The normalized spacial score (nSPS) is 11.6. The second-order valence-electron chi connectivity index (χ2n) is 6.88. The third-order valence-corrected chi connectivity index (χ3v) is 5.83. The van der Waals surface area contributed by atoms with E-state index in [1.165, 1.54) is 23.5 Å². The van der Waals surface area contributed by atoms with Crippen molar-refractivity contribution in [2.75, 3.05) is 0 Å². The van der Waals surface area contributed by atoms with Crippen LogP contribution in [0, 0.1) is 17.0 Å². The average molecular weight is 429 g/mol. The zero-order valence-electron chi connectivity index (χ0n) is 16.3. The van der Waals surface area contributed by atoms with Crippen molar-refractivity contribution in [3.8, 4) is 0 Å². The molecular formula is C22H15N5O3S. The highest BCUT2D eigenvalue weighted by Crippen LogP contribution is 2.27. The van der Waals surface area contributed by atoms with Crippen LogP contribution in [0.3, 0.4) is 0 Å². The molecule has 0 saturated carbocycles. The molecule has 152 valence electrons. The van der Waals surface area contributed by atoms with Gasteiger partial charge in [0.1, 0.15) is 5.69 Å². The summed E-state index contributed by atoms with van der Waals surface area (Å²) in [6, 6.07) is 17.4. The molecule has 5 rings (SSSR count). The van der Waals surface area contributed by atoms with Crippen molar-refractivity contribution in [3.05, 3.63) is 98.0 Å². The van der Waals surface area contributed by atoms with Crippen LogP contribution in [0.2, 0.25) is 0 Å². The highest BCUT2D eigenvalue weighted by Gasteiger charge is 2.24. The van der Waals surface area contributed by atoms with Crippen molar-refractivity contribution < 1.29 is 9.72 Å². The number of ketones is 1. The Morgan fingerprint density at radius 2 is 1.84 bits per heavy atom. The Balaban J connectivity index is 1.67. The van der Waals surface area contributed by atoms with E-state index in [2.05, 4.69) is 10.1 Å². The van der Waals surface area contributed by atoms with Gasteiger partial charge in [-0.1, -0.05) is 18.2 Å². The molecule has 0 radical (unpaired) electrons. The lowest BCUT2D eigenvalue weighted by molar-refractivity contribution is -0.384. The summed E-state index contributed by atoms with van der Waals surface area (Å²) in [5.41, 5.74) is 3.48.